The third kappa shape index (κ3) is 4.73. The molecule has 1 aliphatic heterocycles. The molecule has 39 heavy (non-hydrogen) atoms. The molecule has 0 radical (unpaired) electrons. The lowest BCUT2D eigenvalue weighted by molar-refractivity contribution is 0.0245. The fourth-order valence-electron chi connectivity index (χ4n) is 6.31. The van der Waals surface area contributed by atoms with E-state index in [1.54, 1.807) is 6.20 Å². The lowest BCUT2D eigenvalue weighted by atomic mass is 9.81. The van der Waals surface area contributed by atoms with Crippen LogP contribution < -0.4 is 4.90 Å². The van der Waals surface area contributed by atoms with Gasteiger partial charge in [-0.15, -0.1) is 0 Å². The van der Waals surface area contributed by atoms with Crippen LogP contribution in [0.5, 0.6) is 0 Å². The Balaban J connectivity index is 1.66. The van der Waals surface area contributed by atoms with Crippen molar-refractivity contribution in [2.24, 2.45) is 0 Å². The van der Waals surface area contributed by atoms with Crippen molar-refractivity contribution in [2.75, 3.05) is 18.0 Å². The van der Waals surface area contributed by atoms with Gasteiger partial charge in [-0.1, -0.05) is 69.4 Å². The maximum absolute atomic E-state index is 13.4. The molecule has 0 bridgehead atoms. The highest BCUT2D eigenvalue weighted by molar-refractivity contribution is 5.98. The number of aryl methyl sites for hydroxylation is 1. The average molecular weight is 524 g/mol. The monoisotopic (exact) mass is 523 g/mol. The molecular weight excluding hydrogens is 482 g/mol. The summed E-state index contributed by atoms with van der Waals surface area (Å²) in [6, 6.07) is 20.7. The molecule has 1 unspecified atom stereocenters. The molecule has 0 saturated carbocycles. The number of ether oxygens (including phenoxy) is 1. The van der Waals surface area contributed by atoms with Crippen LogP contribution in [0, 0.1) is 6.92 Å². The summed E-state index contributed by atoms with van der Waals surface area (Å²) in [6.45, 7) is 11.6. The largest absolute Gasteiger partial charge is 0.439 e. The van der Waals surface area contributed by atoms with Crippen LogP contribution in [0.3, 0.4) is 0 Å². The van der Waals surface area contributed by atoms with Crippen molar-refractivity contribution < 1.29 is 9.53 Å². The van der Waals surface area contributed by atoms with Gasteiger partial charge in [0.25, 0.3) is 0 Å². The number of esters is 1. The molecule has 0 amide bonds. The minimum atomic E-state index is -1.11. The molecule has 1 aliphatic rings. The number of carbonyl (C=O) groups excluding carboxylic acids is 1. The van der Waals surface area contributed by atoms with Gasteiger partial charge in [-0.3, -0.25) is 4.98 Å². The first-order chi connectivity index (χ1) is 19.1. The van der Waals surface area contributed by atoms with Crippen molar-refractivity contribution >= 4 is 22.6 Å². The van der Waals surface area contributed by atoms with E-state index in [2.05, 4.69) is 85.7 Å². The lowest BCUT2D eigenvalue weighted by Crippen LogP contribution is -2.31. The summed E-state index contributed by atoms with van der Waals surface area (Å²) in [5.74, 6) is -0.321. The first-order valence-corrected chi connectivity index (χ1v) is 14.7. The van der Waals surface area contributed by atoms with Crippen molar-refractivity contribution in [1.82, 2.24) is 9.55 Å². The Morgan fingerprint density at radius 2 is 1.59 bits per heavy atom. The minimum Gasteiger partial charge on any atom is -0.439 e. The van der Waals surface area contributed by atoms with E-state index in [9.17, 15) is 4.79 Å². The van der Waals surface area contributed by atoms with Gasteiger partial charge >= 0.3 is 5.97 Å². The van der Waals surface area contributed by atoms with E-state index < -0.39 is 5.60 Å². The number of pyridine rings is 1. The number of para-hydroxylation sites is 1. The van der Waals surface area contributed by atoms with E-state index in [1.165, 1.54) is 37.6 Å². The van der Waals surface area contributed by atoms with Crippen LogP contribution >= 0.6 is 0 Å². The van der Waals surface area contributed by atoms with Crippen molar-refractivity contribution in [3.8, 4) is 0 Å². The smallest absolute Gasteiger partial charge is 0.341 e. The van der Waals surface area contributed by atoms with E-state index in [0.717, 1.165) is 53.9 Å². The Bertz CT molecular complexity index is 1430. The summed E-state index contributed by atoms with van der Waals surface area (Å²) < 4.78 is 8.91. The Morgan fingerprint density at radius 3 is 2.33 bits per heavy atom. The predicted molar refractivity (Wildman–Crippen MR) is 160 cm³/mol. The second-order valence-electron chi connectivity index (χ2n) is 10.6. The van der Waals surface area contributed by atoms with Crippen LogP contribution in [0.15, 0.2) is 66.9 Å². The summed E-state index contributed by atoms with van der Waals surface area (Å²) in [5.41, 5.74) is 5.52. The topological polar surface area (TPSA) is 47.4 Å². The molecule has 0 spiro atoms. The van der Waals surface area contributed by atoms with Gasteiger partial charge in [0.2, 0.25) is 5.60 Å². The number of anilines is 1. The Morgan fingerprint density at radius 1 is 0.872 bits per heavy atom. The zero-order valence-electron chi connectivity index (χ0n) is 23.9. The highest BCUT2D eigenvalue weighted by atomic mass is 16.6. The second kappa shape index (κ2) is 11.6. The first kappa shape index (κ1) is 27.0. The quantitative estimate of drug-likeness (QED) is 0.139. The molecule has 1 atom stereocenters. The SMILES string of the molecule is CCCCCCCCn1c(C)c(C2(c3ccc(N(CC)CC)cc3)OC(=O)c3cccnc32)c2ccccc21. The van der Waals surface area contributed by atoms with Crippen LogP contribution in [0.1, 0.15) is 92.2 Å². The van der Waals surface area contributed by atoms with E-state index in [4.69, 9.17) is 9.72 Å². The molecule has 4 aromatic rings. The number of fused-ring (bicyclic) bond motifs is 2. The Hall–Kier alpha value is -3.60. The van der Waals surface area contributed by atoms with E-state index in [1.807, 2.05) is 12.1 Å². The Kier molecular flexibility index (Phi) is 8.06. The third-order valence-corrected chi connectivity index (χ3v) is 8.33. The number of cyclic esters (lactones) is 1. The number of nitrogens with zero attached hydrogens (tertiary/aromatic N) is 3. The fraction of sp³-hybridized carbons (Fsp3) is 0.412. The zero-order chi connectivity index (χ0) is 27.4. The number of hydrogen-bond donors (Lipinski definition) is 0. The van der Waals surface area contributed by atoms with E-state index in [-0.39, 0.29) is 5.97 Å². The van der Waals surface area contributed by atoms with Gasteiger partial charge in [0.05, 0.1) is 5.56 Å². The standard InChI is InChI=1S/C34H41N3O2/c1-5-8-9-10-11-14-24-37-25(4)31(28-16-12-13-18-30(28)37)34(32-29(33(38)39-34)17-15-23-35-32)26-19-21-27(22-20-26)36(6-2)7-3/h12-13,15-23H,5-11,14,24H2,1-4H3. The van der Waals surface area contributed by atoms with Gasteiger partial charge in [0.1, 0.15) is 5.69 Å². The number of benzene rings is 2. The summed E-state index contributed by atoms with van der Waals surface area (Å²) in [5, 5.41) is 1.11. The summed E-state index contributed by atoms with van der Waals surface area (Å²) in [6.07, 6.45) is 9.26. The van der Waals surface area contributed by atoms with Gasteiger partial charge in [-0.25, -0.2) is 4.79 Å². The molecule has 5 nitrogen and oxygen atoms in total. The fourth-order valence-corrected chi connectivity index (χ4v) is 6.31. The molecule has 0 saturated heterocycles. The predicted octanol–water partition coefficient (Wildman–Crippen LogP) is 8.01. The number of aromatic nitrogens is 2. The molecule has 204 valence electrons. The molecule has 2 aromatic heterocycles. The average Bonchev–Trinajstić information content (AvgIpc) is 3.42. The van der Waals surface area contributed by atoms with E-state index >= 15 is 0 Å². The minimum absolute atomic E-state index is 0.321. The highest BCUT2D eigenvalue weighted by Crippen LogP contribution is 2.50. The van der Waals surface area contributed by atoms with Crippen molar-refractivity contribution in [1.29, 1.82) is 0 Å². The van der Waals surface area contributed by atoms with Crippen LogP contribution in [0.4, 0.5) is 5.69 Å². The molecule has 3 heterocycles. The van der Waals surface area contributed by atoms with Gasteiger partial charge in [0, 0.05) is 59.2 Å². The molecule has 0 N–H and O–H groups in total. The molecule has 2 aromatic carbocycles. The van der Waals surface area contributed by atoms with Gasteiger partial charge < -0.3 is 14.2 Å². The molecule has 0 fully saturated rings. The van der Waals surface area contributed by atoms with E-state index in [0.29, 0.717) is 11.3 Å². The molecule has 0 aliphatic carbocycles. The highest BCUT2D eigenvalue weighted by Gasteiger charge is 2.52. The Labute approximate surface area is 232 Å². The summed E-state index contributed by atoms with van der Waals surface area (Å²) in [4.78, 5) is 20.5. The van der Waals surface area contributed by atoms with Crippen LogP contribution in [-0.4, -0.2) is 28.6 Å². The van der Waals surface area contributed by atoms with Gasteiger partial charge in [0.15, 0.2) is 0 Å². The maximum atomic E-state index is 13.4. The zero-order valence-corrected chi connectivity index (χ0v) is 23.9. The molecular formula is C34H41N3O2. The number of unbranched alkanes of at least 4 members (excludes halogenated alkanes) is 5. The number of carbonyl (C=O) groups is 1. The van der Waals surface area contributed by atoms with Crippen molar-refractivity contribution in [3.05, 3.63) is 94.9 Å². The van der Waals surface area contributed by atoms with Crippen LogP contribution in [-0.2, 0) is 16.9 Å². The molecule has 5 heteroatoms. The van der Waals surface area contributed by atoms with Gasteiger partial charge in [-0.2, -0.15) is 0 Å². The maximum Gasteiger partial charge on any atom is 0.341 e. The first-order valence-electron chi connectivity index (χ1n) is 14.7. The summed E-state index contributed by atoms with van der Waals surface area (Å²) >= 11 is 0. The van der Waals surface area contributed by atoms with Crippen LogP contribution in [0.25, 0.3) is 10.9 Å². The summed E-state index contributed by atoms with van der Waals surface area (Å²) in [7, 11) is 0. The normalized spacial score (nSPS) is 16.5. The number of hydrogen-bond acceptors (Lipinski definition) is 4. The van der Waals surface area contributed by atoms with Gasteiger partial charge in [-0.05, 0) is 57.5 Å². The third-order valence-electron chi connectivity index (χ3n) is 8.33. The van der Waals surface area contributed by atoms with Crippen molar-refractivity contribution in [3.63, 3.8) is 0 Å². The van der Waals surface area contributed by atoms with Crippen molar-refractivity contribution in [2.45, 2.75) is 78.4 Å². The number of rotatable bonds is 12. The molecule has 5 rings (SSSR count). The second-order valence-corrected chi connectivity index (χ2v) is 10.6. The van der Waals surface area contributed by atoms with Crippen LogP contribution in [0.2, 0.25) is 0 Å². The lowest BCUT2D eigenvalue weighted by Gasteiger charge is -2.30.